The number of rotatable bonds is 4. The molecule has 0 rings (SSSR count). The highest BCUT2D eigenvalue weighted by atomic mass is 14.1. The average molecular weight is 153 g/mol. The van der Waals surface area contributed by atoms with Crippen LogP contribution in [0.5, 0.6) is 0 Å². The van der Waals surface area contributed by atoms with Gasteiger partial charge in [-0.15, -0.1) is 0 Å². The van der Waals surface area contributed by atoms with Crippen molar-refractivity contribution in [2.24, 2.45) is 11.3 Å². The van der Waals surface area contributed by atoms with E-state index in [2.05, 4.69) is 46.8 Å². The Bertz CT molecular complexity index is 118. The molecule has 0 aliphatic heterocycles. The van der Waals surface area contributed by atoms with Gasteiger partial charge in [0.1, 0.15) is 0 Å². The Morgan fingerprint density at radius 1 is 1.45 bits per heavy atom. The van der Waals surface area contributed by atoms with Crippen molar-refractivity contribution >= 4 is 0 Å². The van der Waals surface area contributed by atoms with E-state index in [0.29, 0.717) is 11.3 Å². The van der Waals surface area contributed by atoms with Crippen molar-refractivity contribution in [1.82, 2.24) is 0 Å². The molecule has 0 aromatic carbocycles. The average Bonchev–Trinajstić information content (AvgIpc) is 1.87. The van der Waals surface area contributed by atoms with E-state index in [-0.39, 0.29) is 0 Å². The van der Waals surface area contributed by atoms with Crippen LogP contribution in [0, 0.1) is 18.3 Å². The Labute approximate surface area is 71.7 Å². The molecule has 0 aliphatic rings. The lowest BCUT2D eigenvalue weighted by Crippen LogP contribution is -2.04. The molecule has 0 aliphatic carbocycles. The maximum absolute atomic E-state index is 3.93. The third kappa shape index (κ3) is 6.15. The predicted molar refractivity (Wildman–Crippen MR) is 52.4 cm³/mol. The first-order chi connectivity index (χ1) is 4.98. The number of allylic oxidation sites excluding steroid dienone is 2. The van der Waals surface area contributed by atoms with E-state index in [1.54, 1.807) is 0 Å². The van der Waals surface area contributed by atoms with Crippen LogP contribution in [0.2, 0.25) is 0 Å². The fourth-order valence-electron chi connectivity index (χ4n) is 0.737. The van der Waals surface area contributed by atoms with Gasteiger partial charge in [-0.05, 0) is 24.2 Å². The lowest BCUT2D eigenvalue weighted by Gasteiger charge is -2.16. The van der Waals surface area contributed by atoms with E-state index >= 15 is 0 Å². The molecule has 1 unspecified atom stereocenters. The zero-order chi connectivity index (χ0) is 8.91. The largest absolute Gasteiger partial charge is 0.0877 e. The second-order valence-electron chi connectivity index (χ2n) is 4.09. The van der Waals surface area contributed by atoms with Gasteiger partial charge in [0.25, 0.3) is 0 Å². The molecule has 0 saturated carbocycles. The fraction of sp³-hybridized carbons (Fsp3) is 0.727. The molecule has 0 aromatic heterocycles. The van der Waals surface area contributed by atoms with Gasteiger partial charge in [-0.2, -0.15) is 0 Å². The summed E-state index contributed by atoms with van der Waals surface area (Å²) >= 11 is 0. The highest BCUT2D eigenvalue weighted by molar-refractivity contribution is 4.94. The summed E-state index contributed by atoms with van der Waals surface area (Å²) in [5.41, 5.74) is 0.370. The second kappa shape index (κ2) is 4.58. The van der Waals surface area contributed by atoms with Gasteiger partial charge in [0.2, 0.25) is 0 Å². The third-order valence-corrected chi connectivity index (χ3v) is 2.02. The van der Waals surface area contributed by atoms with E-state index in [1.165, 1.54) is 6.42 Å². The monoisotopic (exact) mass is 153 g/mol. The molecular weight excluding hydrogens is 132 g/mol. The van der Waals surface area contributed by atoms with Crippen molar-refractivity contribution in [3.05, 3.63) is 19.1 Å². The van der Waals surface area contributed by atoms with Crippen LogP contribution >= 0.6 is 0 Å². The second-order valence-corrected chi connectivity index (χ2v) is 4.09. The molecule has 0 heterocycles. The summed E-state index contributed by atoms with van der Waals surface area (Å²) in [6, 6.07) is 0. The molecule has 0 aromatic rings. The highest BCUT2D eigenvalue weighted by Crippen LogP contribution is 2.21. The van der Waals surface area contributed by atoms with Crippen molar-refractivity contribution in [2.75, 3.05) is 0 Å². The van der Waals surface area contributed by atoms with Crippen LogP contribution in [0.15, 0.2) is 12.2 Å². The van der Waals surface area contributed by atoms with Crippen LogP contribution in [-0.4, -0.2) is 0 Å². The summed E-state index contributed by atoms with van der Waals surface area (Å²) in [5, 5.41) is 0. The van der Waals surface area contributed by atoms with Crippen molar-refractivity contribution in [1.29, 1.82) is 0 Å². The highest BCUT2D eigenvalue weighted by Gasteiger charge is 2.08. The number of hydrogen-bond acceptors (Lipinski definition) is 0. The van der Waals surface area contributed by atoms with Crippen LogP contribution in [0.4, 0.5) is 0 Å². The summed E-state index contributed by atoms with van der Waals surface area (Å²) in [4.78, 5) is 0. The maximum atomic E-state index is 3.93. The minimum atomic E-state index is 0.370. The Kier molecular flexibility index (Phi) is 4.48. The molecule has 0 spiro atoms. The van der Waals surface area contributed by atoms with Crippen molar-refractivity contribution in [3.8, 4) is 0 Å². The van der Waals surface area contributed by atoms with Crippen LogP contribution in [0.1, 0.15) is 40.5 Å². The van der Waals surface area contributed by atoms with Crippen LogP contribution < -0.4 is 0 Å². The van der Waals surface area contributed by atoms with Gasteiger partial charge >= 0.3 is 0 Å². The van der Waals surface area contributed by atoms with E-state index in [1.807, 2.05) is 0 Å². The Hall–Kier alpha value is -0.260. The molecule has 0 saturated heterocycles. The Morgan fingerprint density at radius 2 is 2.00 bits per heavy atom. The summed E-state index contributed by atoms with van der Waals surface area (Å²) in [6.45, 7) is 12.8. The topological polar surface area (TPSA) is 0 Å². The molecule has 0 N–H and O–H groups in total. The molecule has 1 radical (unpaired) electrons. The SMILES string of the molecule is [CH2]C(C)C/C=C/C(C)(C)CC. The van der Waals surface area contributed by atoms with E-state index in [9.17, 15) is 0 Å². The summed E-state index contributed by atoms with van der Waals surface area (Å²) in [6.07, 6.45) is 6.86. The molecule has 0 bridgehead atoms. The third-order valence-electron chi connectivity index (χ3n) is 2.02. The zero-order valence-corrected chi connectivity index (χ0v) is 8.35. The van der Waals surface area contributed by atoms with Gasteiger partial charge < -0.3 is 0 Å². The van der Waals surface area contributed by atoms with Crippen molar-refractivity contribution < 1.29 is 0 Å². The molecular formula is C11H21. The van der Waals surface area contributed by atoms with E-state index in [0.717, 1.165) is 6.42 Å². The summed E-state index contributed by atoms with van der Waals surface area (Å²) in [5.74, 6) is 0.541. The molecule has 0 amide bonds. The van der Waals surface area contributed by atoms with Crippen molar-refractivity contribution in [3.63, 3.8) is 0 Å². The van der Waals surface area contributed by atoms with Crippen LogP contribution in [0.3, 0.4) is 0 Å². The first-order valence-electron chi connectivity index (χ1n) is 4.48. The molecule has 0 nitrogen and oxygen atoms in total. The zero-order valence-electron chi connectivity index (χ0n) is 8.35. The minimum absolute atomic E-state index is 0.370. The summed E-state index contributed by atoms with van der Waals surface area (Å²) in [7, 11) is 0. The lowest BCUT2D eigenvalue weighted by molar-refractivity contribution is 0.460. The van der Waals surface area contributed by atoms with E-state index in [4.69, 9.17) is 0 Å². The van der Waals surface area contributed by atoms with Gasteiger partial charge in [-0.3, -0.25) is 0 Å². The first-order valence-corrected chi connectivity index (χ1v) is 4.48. The standard InChI is InChI=1S/C11H21/c1-6-11(4,5)9-7-8-10(2)3/h7,9-10H,2,6,8H2,1,3-5H3/b9-7+. The van der Waals surface area contributed by atoms with Gasteiger partial charge in [0, 0.05) is 0 Å². The summed E-state index contributed by atoms with van der Waals surface area (Å²) < 4.78 is 0. The molecule has 1 atom stereocenters. The molecule has 65 valence electrons. The van der Waals surface area contributed by atoms with E-state index < -0.39 is 0 Å². The minimum Gasteiger partial charge on any atom is -0.0877 e. The van der Waals surface area contributed by atoms with Crippen LogP contribution in [-0.2, 0) is 0 Å². The van der Waals surface area contributed by atoms with Gasteiger partial charge in [0.15, 0.2) is 0 Å². The molecule has 0 heteroatoms. The lowest BCUT2D eigenvalue weighted by atomic mass is 9.89. The van der Waals surface area contributed by atoms with Crippen LogP contribution in [0.25, 0.3) is 0 Å². The normalized spacial score (nSPS) is 13.3. The molecule has 11 heavy (non-hydrogen) atoms. The number of hydrogen-bond donors (Lipinski definition) is 0. The Balaban J connectivity index is 3.73. The van der Waals surface area contributed by atoms with Crippen molar-refractivity contribution in [2.45, 2.75) is 40.5 Å². The van der Waals surface area contributed by atoms with Gasteiger partial charge in [0.05, 0.1) is 0 Å². The predicted octanol–water partition coefficient (Wildman–Crippen LogP) is 3.84. The quantitative estimate of drug-likeness (QED) is 0.538. The maximum Gasteiger partial charge on any atom is -0.0177 e. The first kappa shape index (κ1) is 10.7. The smallest absolute Gasteiger partial charge is 0.0177 e. The van der Waals surface area contributed by atoms with Gasteiger partial charge in [-0.1, -0.05) is 46.8 Å². The molecule has 0 fully saturated rings. The fourth-order valence-corrected chi connectivity index (χ4v) is 0.737. The Morgan fingerprint density at radius 3 is 2.36 bits per heavy atom. The van der Waals surface area contributed by atoms with Gasteiger partial charge in [-0.25, -0.2) is 0 Å².